The maximum absolute atomic E-state index is 11.4. The standard InChI is InChI=1S/C19H22BrN5O3S/c1-4-13-15(20)14-16(21-9-10(2)26)24-18(25-17(14)23-13)29-12-7-5-6-11(8-12)22-19(27)28-3/h5-8,10,26H,4,9H2,1-3H3,(H,22,27)(H2,21,23,24,25)/t10-/m0/s1. The first kappa shape index (κ1) is 21.4. The number of carbonyl (C=O) groups is 1. The third-order valence-electron chi connectivity index (χ3n) is 4.04. The van der Waals surface area contributed by atoms with Gasteiger partial charge in [0.1, 0.15) is 11.5 Å². The highest BCUT2D eigenvalue weighted by atomic mass is 79.9. The molecule has 1 aromatic carbocycles. The number of methoxy groups -OCH3 is 1. The van der Waals surface area contributed by atoms with Crippen molar-refractivity contribution in [3.8, 4) is 0 Å². The first-order valence-corrected chi connectivity index (χ1v) is 10.6. The Hall–Kier alpha value is -2.30. The highest BCUT2D eigenvalue weighted by Crippen LogP contribution is 2.35. The predicted molar refractivity (Wildman–Crippen MR) is 118 cm³/mol. The van der Waals surface area contributed by atoms with Crippen LogP contribution in [0.15, 0.2) is 38.8 Å². The number of halogens is 1. The Morgan fingerprint density at radius 1 is 1.41 bits per heavy atom. The fourth-order valence-electron chi connectivity index (χ4n) is 2.66. The Bertz CT molecular complexity index is 1020. The van der Waals surface area contributed by atoms with Gasteiger partial charge in [-0.25, -0.2) is 14.8 Å². The van der Waals surface area contributed by atoms with E-state index in [2.05, 4.69) is 53.2 Å². The number of anilines is 2. The summed E-state index contributed by atoms with van der Waals surface area (Å²) in [4.78, 5) is 24.9. The number of aryl methyl sites for hydroxylation is 1. The molecule has 8 nitrogen and oxygen atoms in total. The SMILES string of the molecule is CCc1[nH]c2nc(Sc3cccc(NC(=O)OC)c3)nc(NC[C@H](C)O)c2c1Br. The number of carbonyl (C=O) groups excluding carboxylic acids is 1. The fraction of sp³-hybridized carbons (Fsp3) is 0.316. The molecule has 10 heteroatoms. The average molecular weight is 480 g/mol. The zero-order valence-electron chi connectivity index (χ0n) is 16.2. The Balaban J connectivity index is 1.95. The number of hydrogen-bond donors (Lipinski definition) is 4. The first-order valence-electron chi connectivity index (χ1n) is 9.04. The second-order valence-corrected chi connectivity index (χ2v) is 8.16. The molecule has 0 aliphatic carbocycles. The molecule has 0 spiro atoms. The minimum Gasteiger partial charge on any atom is -0.453 e. The smallest absolute Gasteiger partial charge is 0.411 e. The van der Waals surface area contributed by atoms with Gasteiger partial charge in [-0.3, -0.25) is 5.32 Å². The van der Waals surface area contributed by atoms with Crippen LogP contribution in [0.3, 0.4) is 0 Å². The molecule has 29 heavy (non-hydrogen) atoms. The van der Waals surface area contributed by atoms with Crippen LogP contribution >= 0.6 is 27.7 Å². The molecule has 2 aromatic heterocycles. The van der Waals surface area contributed by atoms with E-state index in [9.17, 15) is 9.90 Å². The van der Waals surface area contributed by atoms with Crippen LogP contribution in [0.1, 0.15) is 19.5 Å². The van der Waals surface area contributed by atoms with E-state index in [1.54, 1.807) is 13.0 Å². The van der Waals surface area contributed by atoms with Crippen molar-refractivity contribution < 1.29 is 14.6 Å². The average Bonchev–Trinajstić information content (AvgIpc) is 3.02. The zero-order valence-corrected chi connectivity index (χ0v) is 18.6. The number of aliphatic hydroxyl groups is 1. The van der Waals surface area contributed by atoms with Crippen LogP contribution < -0.4 is 10.6 Å². The number of aliphatic hydroxyl groups excluding tert-OH is 1. The van der Waals surface area contributed by atoms with Crippen molar-refractivity contribution in [2.75, 3.05) is 24.3 Å². The van der Waals surface area contributed by atoms with E-state index >= 15 is 0 Å². The van der Waals surface area contributed by atoms with Gasteiger partial charge in [-0.1, -0.05) is 13.0 Å². The van der Waals surface area contributed by atoms with Gasteiger partial charge in [-0.05, 0) is 59.2 Å². The van der Waals surface area contributed by atoms with E-state index in [4.69, 9.17) is 0 Å². The number of nitrogens with one attached hydrogen (secondary N) is 3. The normalized spacial score (nSPS) is 12.0. The van der Waals surface area contributed by atoms with Crippen LogP contribution in [0.5, 0.6) is 0 Å². The molecular formula is C19H22BrN5O3S. The van der Waals surface area contributed by atoms with Crippen LogP contribution in [0, 0.1) is 0 Å². The number of hydrogen-bond acceptors (Lipinski definition) is 7. The lowest BCUT2D eigenvalue weighted by Crippen LogP contribution is -2.16. The summed E-state index contributed by atoms with van der Waals surface area (Å²) in [6, 6.07) is 7.33. The van der Waals surface area contributed by atoms with Gasteiger partial charge in [0, 0.05) is 22.8 Å². The number of amides is 1. The van der Waals surface area contributed by atoms with Gasteiger partial charge in [-0.15, -0.1) is 0 Å². The molecule has 0 radical (unpaired) electrons. The predicted octanol–water partition coefficient (Wildman–Crippen LogP) is 4.41. The number of fused-ring (bicyclic) bond motifs is 1. The third-order valence-corrected chi connectivity index (χ3v) is 5.77. The van der Waals surface area contributed by atoms with Gasteiger partial charge in [0.05, 0.1) is 23.1 Å². The molecule has 1 amide bonds. The molecule has 0 aliphatic heterocycles. The quantitative estimate of drug-likeness (QED) is 0.371. The monoisotopic (exact) mass is 479 g/mol. The summed E-state index contributed by atoms with van der Waals surface area (Å²) in [5.41, 5.74) is 2.36. The van der Waals surface area contributed by atoms with E-state index in [1.165, 1.54) is 18.9 Å². The summed E-state index contributed by atoms with van der Waals surface area (Å²) in [6.07, 6.45) is -0.227. The summed E-state index contributed by atoms with van der Waals surface area (Å²) < 4.78 is 5.55. The maximum Gasteiger partial charge on any atom is 0.411 e. The number of aromatic amines is 1. The summed E-state index contributed by atoms with van der Waals surface area (Å²) in [7, 11) is 1.32. The van der Waals surface area contributed by atoms with Gasteiger partial charge < -0.3 is 20.1 Å². The molecule has 0 aliphatic rings. The highest BCUT2D eigenvalue weighted by Gasteiger charge is 2.17. The van der Waals surface area contributed by atoms with Crippen molar-refractivity contribution in [2.24, 2.45) is 0 Å². The highest BCUT2D eigenvalue weighted by molar-refractivity contribution is 9.10. The van der Waals surface area contributed by atoms with E-state index in [0.717, 1.165) is 26.9 Å². The topological polar surface area (TPSA) is 112 Å². The molecule has 0 fully saturated rings. The lowest BCUT2D eigenvalue weighted by molar-refractivity contribution is 0.187. The van der Waals surface area contributed by atoms with Gasteiger partial charge in [-0.2, -0.15) is 0 Å². The molecule has 0 unspecified atom stereocenters. The van der Waals surface area contributed by atoms with Crippen molar-refractivity contribution in [3.05, 3.63) is 34.4 Å². The lowest BCUT2D eigenvalue weighted by Gasteiger charge is -2.11. The molecule has 4 N–H and O–H groups in total. The summed E-state index contributed by atoms with van der Waals surface area (Å²) in [5.74, 6) is 0.644. The minimum atomic E-state index is -0.530. The molecule has 3 rings (SSSR count). The van der Waals surface area contributed by atoms with Crippen molar-refractivity contribution in [3.63, 3.8) is 0 Å². The van der Waals surface area contributed by atoms with Crippen LogP contribution in [0.2, 0.25) is 0 Å². The molecule has 1 atom stereocenters. The second-order valence-electron chi connectivity index (χ2n) is 6.33. The molecule has 0 bridgehead atoms. The number of H-pyrrole nitrogens is 1. The minimum absolute atomic E-state index is 0.369. The van der Waals surface area contributed by atoms with Crippen LogP contribution in [-0.2, 0) is 11.2 Å². The largest absolute Gasteiger partial charge is 0.453 e. The van der Waals surface area contributed by atoms with E-state index < -0.39 is 12.2 Å². The molecule has 2 heterocycles. The van der Waals surface area contributed by atoms with Crippen molar-refractivity contribution in [2.45, 2.75) is 36.4 Å². The fourth-order valence-corrected chi connectivity index (χ4v) is 4.23. The second kappa shape index (κ2) is 9.47. The van der Waals surface area contributed by atoms with E-state index in [1.807, 2.05) is 18.2 Å². The first-order chi connectivity index (χ1) is 13.9. The number of ether oxygens (including phenoxy) is 1. The number of nitrogens with zero attached hydrogens (tertiary/aromatic N) is 2. The Kier molecular flexibility index (Phi) is 6.99. The Labute approximate surface area is 181 Å². The van der Waals surface area contributed by atoms with Gasteiger partial charge in [0.15, 0.2) is 5.16 Å². The van der Waals surface area contributed by atoms with E-state index in [0.29, 0.717) is 28.9 Å². The van der Waals surface area contributed by atoms with Gasteiger partial charge >= 0.3 is 6.09 Å². The van der Waals surface area contributed by atoms with Crippen LogP contribution in [0.4, 0.5) is 16.3 Å². The molecular weight excluding hydrogens is 458 g/mol. The Morgan fingerprint density at radius 2 is 2.21 bits per heavy atom. The van der Waals surface area contributed by atoms with Gasteiger partial charge in [0.2, 0.25) is 0 Å². The number of benzene rings is 1. The van der Waals surface area contributed by atoms with E-state index in [-0.39, 0.29) is 0 Å². The van der Waals surface area contributed by atoms with Gasteiger partial charge in [0.25, 0.3) is 0 Å². The molecule has 3 aromatic rings. The number of rotatable bonds is 7. The number of aromatic nitrogens is 3. The van der Waals surface area contributed by atoms with Crippen molar-refractivity contribution in [1.82, 2.24) is 15.0 Å². The zero-order chi connectivity index (χ0) is 21.0. The maximum atomic E-state index is 11.4. The lowest BCUT2D eigenvalue weighted by atomic mass is 10.3. The summed E-state index contributed by atoms with van der Waals surface area (Å²) in [6.45, 7) is 4.14. The van der Waals surface area contributed by atoms with Crippen LogP contribution in [0.25, 0.3) is 11.0 Å². The third kappa shape index (κ3) is 5.20. The Morgan fingerprint density at radius 3 is 2.90 bits per heavy atom. The van der Waals surface area contributed by atoms with Crippen molar-refractivity contribution >= 4 is 56.3 Å². The molecule has 0 saturated heterocycles. The summed E-state index contributed by atoms with van der Waals surface area (Å²) in [5, 5.41) is 16.9. The van der Waals surface area contributed by atoms with Crippen LogP contribution in [-0.4, -0.2) is 45.9 Å². The van der Waals surface area contributed by atoms with Crippen molar-refractivity contribution in [1.29, 1.82) is 0 Å². The molecule has 154 valence electrons. The summed E-state index contributed by atoms with van der Waals surface area (Å²) >= 11 is 5.00. The molecule has 0 saturated carbocycles.